The van der Waals surface area contributed by atoms with Gasteiger partial charge in [0.15, 0.2) is 12.4 Å². The lowest BCUT2D eigenvalue weighted by molar-refractivity contribution is 0.101. The first-order valence-electron chi connectivity index (χ1n) is 6.43. The molecule has 0 unspecified atom stereocenters. The van der Waals surface area contributed by atoms with Crippen LogP contribution in [-0.2, 0) is 6.61 Å². The van der Waals surface area contributed by atoms with Gasteiger partial charge in [0.1, 0.15) is 11.6 Å². The maximum absolute atomic E-state index is 13.7. The summed E-state index contributed by atoms with van der Waals surface area (Å²) >= 11 is 1.50. The van der Waals surface area contributed by atoms with Crippen LogP contribution in [0.4, 0.5) is 4.39 Å². The monoisotopic (exact) mass is 318 g/mol. The van der Waals surface area contributed by atoms with Crippen LogP contribution in [0.1, 0.15) is 23.2 Å². The van der Waals surface area contributed by atoms with E-state index in [4.69, 9.17) is 9.26 Å². The van der Waals surface area contributed by atoms with Crippen molar-refractivity contribution in [3.8, 4) is 16.5 Å². The minimum Gasteiger partial charge on any atom is -0.484 e. The molecule has 0 radical (unpaired) electrons. The Hall–Kier alpha value is -2.54. The average molecular weight is 318 g/mol. The fraction of sp³-hybridized carbons (Fsp3) is 0.133. The zero-order valence-corrected chi connectivity index (χ0v) is 12.4. The minimum atomic E-state index is -0.616. The van der Waals surface area contributed by atoms with Crippen molar-refractivity contribution in [1.29, 1.82) is 0 Å². The molecule has 3 rings (SSSR count). The van der Waals surface area contributed by atoms with E-state index in [-0.39, 0.29) is 18.0 Å². The maximum atomic E-state index is 13.7. The summed E-state index contributed by atoms with van der Waals surface area (Å²) in [5, 5.41) is 5.77. The van der Waals surface area contributed by atoms with Gasteiger partial charge < -0.3 is 9.26 Å². The molecule has 0 spiro atoms. The van der Waals surface area contributed by atoms with Crippen molar-refractivity contribution in [1.82, 2.24) is 10.1 Å². The second kappa shape index (κ2) is 6.07. The normalized spacial score (nSPS) is 10.6. The number of Topliss-reactive ketones (excluding diaryl/α,β-unsaturated/α-hetero) is 1. The van der Waals surface area contributed by atoms with E-state index < -0.39 is 5.82 Å². The zero-order chi connectivity index (χ0) is 15.5. The van der Waals surface area contributed by atoms with Crippen LogP contribution in [0.5, 0.6) is 5.75 Å². The third-order valence-corrected chi connectivity index (χ3v) is 3.76. The highest BCUT2D eigenvalue weighted by Crippen LogP contribution is 2.22. The van der Waals surface area contributed by atoms with Crippen molar-refractivity contribution in [2.24, 2.45) is 0 Å². The van der Waals surface area contributed by atoms with Gasteiger partial charge in [-0.15, -0.1) is 11.3 Å². The van der Waals surface area contributed by atoms with Crippen molar-refractivity contribution in [2.75, 3.05) is 0 Å². The van der Waals surface area contributed by atoms with E-state index in [1.807, 2.05) is 17.5 Å². The number of ether oxygens (including phenoxy) is 1. The molecule has 2 heterocycles. The number of benzene rings is 1. The van der Waals surface area contributed by atoms with Gasteiger partial charge in [-0.25, -0.2) is 4.39 Å². The highest BCUT2D eigenvalue weighted by molar-refractivity contribution is 7.13. The third kappa shape index (κ3) is 3.04. The van der Waals surface area contributed by atoms with Gasteiger partial charge >= 0.3 is 0 Å². The van der Waals surface area contributed by atoms with Crippen molar-refractivity contribution < 1.29 is 18.4 Å². The predicted octanol–water partition coefficient (Wildman–Crippen LogP) is 3.72. The fourth-order valence-electron chi connectivity index (χ4n) is 1.84. The number of hydrogen-bond acceptors (Lipinski definition) is 6. The van der Waals surface area contributed by atoms with Crippen molar-refractivity contribution >= 4 is 17.1 Å². The largest absolute Gasteiger partial charge is 0.484 e. The summed E-state index contributed by atoms with van der Waals surface area (Å²) in [4.78, 5) is 16.3. The third-order valence-electron chi connectivity index (χ3n) is 2.89. The van der Waals surface area contributed by atoms with E-state index in [2.05, 4.69) is 10.1 Å². The van der Waals surface area contributed by atoms with Crippen LogP contribution in [0, 0.1) is 5.82 Å². The zero-order valence-electron chi connectivity index (χ0n) is 11.6. The maximum Gasteiger partial charge on any atom is 0.264 e. The molecule has 0 aliphatic heterocycles. The lowest BCUT2D eigenvalue weighted by Gasteiger charge is -2.04. The van der Waals surface area contributed by atoms with Gasteiger partial charge in [-0.1, -0.05) is 11.2 Å². The van der Waals surface area contributed by atoms with E-state index in [1.165, 1.54) is 30.4 Å². The predicted molar refractivity (Wildman–Crippen MR) is 78.3 cm³/mol. The second-order valence-corrected chi connectivity index (χ2v) is 5.42. The van der Waals surface area contributed by atoms with Gasteiger partial charge in [0.05, 0.1) is 10.4 Å². The number of ketones is 1. The van der Waals surface area contributed by atoms with Gasteiger partial charge in [0.2, 0.25) is 5.82 Å². The molecular weight excluding hydrogens is 307 g/mol. The van der Waals surface area contributed by atoms with Crippen LogP contribution in [0.3, 0.4) is 0 Å². The molecule has 0 saturated heterocycles. The molecule has 2 aromatic heterocycles. The molecule has 0 saturated carbocycles. The molecule has 0 amide bonds. The number of carbonyl (C=O) groups is 1. The fourth-order valence-corrected chi connectivity index (χ4v) is 2.48. The Morgan fingerprint density at radius 1 is 1.41 bits per heavy atom. The Morgan fingerprint density at radius 2 is 2.27 bits per heavy atom. The van der Waals surface area contributed by atoms with Crippen molar-refractivity contribution in [3.05, 3.63) is 53.0 Å². The van der Waals surface area contributed by atoms with Crippen LogP contribution in [-0.4, -0.2) is 15.9 Å². The smallest absolute Gasteiger partial charge is 0.264 e. The van der Waals surface area contributed by atoms with Crippen LogP contribution in [0.15, 0.2) is 40.2 Å². The molecule has 7 heteroatoms. The van der Waals surface area contributed by atoms with Gasteiger partial charge in [0.25, 0.3) is 5.89 Å². The number of hydrogen-bond donors (Lipinski definition) is 0. The SMILES string of the molecule is CC(=O)c1ccc(OCc2nc(-c3cccs3)no2)cc1F. The van der Waals surface area contributed by atoms with Gasteiger partial charge in [0, 0.05) is 6.07 Å². The van der Waals surface area contributed by atoms with E-state index in [9.17, 15) is 9.18 Å². The Morgan fingerprint density at radius 3 is 2.95 bits per heavy atom. The quantitative estimate of drug-likeness (QED) is 0.671. The van der Waals surface area contributed by atoms with Gasteiger partial charge in [-0.3, -0.25) is 4.79 Å². The Balaban J connectivity index is 1.68. The summed E-state index contributed by atoms with van der Waals surface area (Å²) in [6, 6.07) is 7.85. The average Bonchev–Trinajstić information content (AvgIpc) is 3.16. The summed E-state index contributed by atoms with van der Waals surface area (Å²) in [7, 11) is 0. The second-order valence-electron chi connectivity index (χ2n) is 4.48. The van der Waals surface area contributed by atoms with E-state index in [0.29, 0.717) is 17.5 Å². The summed E-state index contributed by atoms with van der Waals surface area (Å²) in [6.07, 6.45) is 0. The lowest BCUT2D eigenvalue weighted by Crippen LogP contribution is -2.00. The summed E-state index contributed by atoms with van der Waals surface area (Å²) in [5.74, 6) is 0.126. The Kier molecular flexibility index (Phi) is 3.97. The number of nitrogens with zero attached hydrogens (tertiary/aromatic N) is 2. The number of rotatable bonds is 5. The standard InChI is InChI=1S/C15H11FN2O3S/c1-9(19)11-5-4-10(7-12(11)16)20-8-14-17-15(18-21-14)13-3-2-6-22-13/h2-7H,8H2,1H3. The minimum absolute atomic E-state index is 0.0250. The molecule has 0 aliphatic rings. The molecule has 1 aromatic carbocycles. The molecule has 3 aromatic rings. The van der Waals surface area contributed by atoms with Crippen LogP contribution >= 0.6 is 11.3 Å². The molecule has 112 valence electrons. The van der Waals surface area contributed by atoms with Crippen molar-refractivity contribution in [2.45, 2.75) is 13.5 Å². The van der Waals surface area contributed by atoms with Gasteiger partial charge in [-0.05, 0) is 30.5 Å². The molecule has 22 heavy (non-hydrogen) atoms. The highest BCUT2D eigenvalue weighted by atomic mass is 32.1. The van der Waals surface area contributed by atoms with E-state index >= 15 is 0 Å². The summed E-state index contributed by atoms with van der Waals surface area (Å²) in [6.45, 7) is 1.33. The van der Waals surface area contributed by atoms with Crippen LogP contribution in [0.25, 0.3) is 10.7 Å². The molecule has 0 fully saturated rings. The molecule has 5 nitrogen and oxygen atoms in total. The summed E-state index contributed by atoms with van der Waals surface area (Å²) in [5.41, 5.74) is 0.0325. The molecule has 0 atom stereocenters. The summed E-state index contributed by atoms with van der Waals surface area (Å²) < 4.78 is 24.1. The first kappa shape index (κ1) is 14.4. The first-order valence-corrected chi connectivity index (χ1v) is 7.31. The molecule has 0 N–H and O–H groups in total. The molecule has 0 bridgehead atoms. The number of carbonyl (C=O) groups excluding carboxylic acids is 1. The van der Waals surface area contributed by atoms with Crippen LogP contribution in [0.2, 0.25) is 0 Å². The van der Waals surface area contributed by atoms with Gasteiger partial charge in [-0.2, -0.15) is 4.98 Å². The topological polar surface area (TPSA) is 65.2 Å². The number of thiophene rings is 1. The molecular formula is C15H11FN2O3S. The highest BCUT2D eigenvalue weighted by Gasteiger charge is 2.11. The Labute approximate surface area is 129 Å². The van der Waals surface area contributed by atoms with E-state index in [0.717, 1.165) is 10.9 Å². The number of aromatic nitrogens is 2. The van der Waals surface area contributed by atoms with Crippen molar-refractivity contribution in [3.63, 3.8) is 0 Å². The lowest BCUT2D eigenvalue weighted by atomic mass is 10.1. The Bertz CT molecular complexity index is 799. The number of halogens is 1. The first-order chi connectivity index (χ1) is 10.6. The molecule has 0 aliphatic carbocycles. The van der Waals surface area contributed by atoms with Crippen LogP contribution < -0.4 is 4.74 Å². The van der Waals surface area contributed by atoms with E-state index in [1.54, 1.807) is 0 Å².